The fourth-order valence-corrected chi connectivity index (χ4v) is 1.62. The summed E-state index contributed by atoms with van der Waals surface area (Å²) in [6.45, 7) is 0. The normalized spacial score (nSPS) is 9.65. The molecule has 0 saturated carbocycles. The van der Waals surface area contributed by atoms with E-state index in [1.807, 2.05) is 0 Å². The number of anilines is 1. The third kappa shape index (κ3) is 2.04. The lowest BCUT2D eigenvalue weighted by atomic mass is 10.0. The van der Waals surface area contributed by atoms with Crippen molar-refractivity contribution in [3.05, 3.63) is 42.2 Å². The molecular weight excluding hydrogens is 214 g/mol. The first-order chi connectivity index (χ1) is 8.26. The van der Waals surface area contributed by atoms with Crippen LogP contribution >= 0.6 is 0 Å². The van der Waals surface area contributed by atoms with Gasteiger partial charge in [-0.25, -0.2) is 0 Å². The molecule has 1 aromatic carbocycles. The highest BCUT2D eigenvalue weighted by Gasteiger charge is 2.09. The molecule has 0 spiro atoms. The first-order valence-corrected chi connectivity index (χ1v) is 5.04. The summed E-state index contributed by atoms with van der Waals surface area (Å²) in [5, 5.41) is 8.90. The third-order valence-electron chi connectivity index (χ3n) is 2.47. The summed E-state index contributed by atoms with van der Waals surface area (Å²) < 4.78 is 5.26. The Morgan fingerprint density at radius 1 is 1.29 bits per heavy atom. The number of benzene rings is 1. The van der Waals surface area contributed by atoms with Gasteiger partial charge in [0.15, 0.2) is 0 Å². The zero-order valence-electron chi connectivity index (χ0n) is 9.34. The lowest BCUT2D eigenvalue weighted by Gasteiger charge is -2.10. The molecule has 2 rings (SSSR count). The Labute approximate surface area is 99.3 Å². The van der Waals surface area contributed by atoms with E-state index in [0.29, 0.717) is 17.0 Å². The van der Waals surface area contributed by atoms with E-state index in [2.05, 4.69) is 11.1 Å². The predicted molar refractivity (Wildman–Crippen MR) is 65.4 cm³/mol. The van der Waals surface area contributed by atoms with Crippen LogP contribution in [-0.2, 0) is 0 Å². The van der Waals surface area contributed by atoms with Crippen molar-refractivity contribution >= 4 is 5.69 Å². The quantitative estimate of drug-likeness (QED) is 0.850. The van der Waals surface area contributed by atoms with Crippen molar-refractivity contribution in [2.45, 2.75) is 0 Å². The fourth-order valence-electron chi connectivity index (χ4n) is 1.62. The standard InChI is InChI=1S/C13H11N3O/c1-17-13-3-2-9(7-14)6-10(13)11-8-16-5-4-12(11)15/h2-6,8H,1H3,(H2,15,16). The number of hydrogen-bond acceptors (Lipinski definition) is 4. The number of ether oxygens (including phenoxy) is 1. The van der Waals surface area contributed by atoms with Gasteiger partial charge in [-0.15, -0.1) is 0 Å². The molecule has 0 bridgehead atoms. The highest BCUT2D eigenvalue weighted by molar-refractivity contribution is 5.80. The maximum absolute atomic E-state index is 8.90. The number of aromatic nitrogens is 1. The van der Waals surface area contributed by atoms with E-state index < -0.39 is 0 Å². The van der Waals surface area contributed by atoms with Crippen LogP contribution in [0.4, 0.5) is 5.69 Å². The molecule has 1 aromatic heterocycles. The second-order valence-corrected chi connectivity index (χ2v) is 3.49. The number of methoxy groups -OCH3 is 1. The minimum atomic E-state index is 0.559. The summed E-state index contributed by atoms with van der Waals surface area (Å²) in [4.78, 5) is 4.03. The van der Waals surface area contributed by atoms with Gasteiger partial charge in [-0.2, -0.15) is 5.26 Å². The molecule has 1 heterocycles. The zero-order chi connectivity index (χ0) is 12.3. The Bertz CT molecular complexity index is 587. The van der Waals surface area contributed by atoms with E-state index in [9.17, 15) is 0 Å². The van der Waals surface area contributed by atoms with Crippen molar-refractivity contribution in [1.29, 1.82) is 5.26 Å². The molecular formula is C13H11N3O. The summed E-state index contributed by atoms with van der Waals surface area (Å²) in [7, 11) is 1.58. The molecule has 0 saturated heterocycles. The summed E-state index contributed by atoms with van der Waals surface area (Å²) in [6, 6.07) is 9.00. The molecule has 4 nitrogen and oxygen atoms in total. The molecule has 0 aliphatic carbocycles. The Balaban J connectivity index is 2.65. The van der Waals surface area contributed by atoms with Gasteiger partial charge < -0.3 is 10.5 Å². The van der Waals surface area contributed by atoms with Crippen molar-refractivity contribution in [2.75, 3.05) is 12.8 Å². The average molecular weight is 225 g/mol. The van der Waals surface area contributed by atoms with Crippen LogP contribution in [0, 0.1) is 11.3 Å². The van der Waals surface area contributed by atoms with Crippen LogP contribution in [0.25, 0.3) is 11.1 Å². The SMILES string of the molecule is COc1ccc(C#N)cc1-c1cnccc1N. The maximum Gasteiger partial charge on any atom is 0.126 e. The molecule has 2 aromatic rings. The number of nitrogens with two attached hydrogens (primary N) is 1. The molecule has 2 N–H and O–H groups in total. The Hall–Kier alpha value is -2.54. The summed E-state index contributed by atoms with van der Waals surface area (Å²) >= 11 is 0. The van der Waals surface area contributed by atoms with Crippen molar-refractivity contribution in [1.82, 2.24) is 4.98 Å². The Morgan fingerprint density at radius 3 is 2.76 bits per heavy atom. The van der Waals surface area contributed by atoms with Crippen LogP contribution < -0.4 is 10.5 Å². The van der Waals surface area contributed by atoms with Gasteiger partial charge in [0.05, 0.1) is 18.7 Å². The van der Waals surface area contributed by atoms with Crippen LogP contribution in [-0.4, -0.2) is 12.1 Å². The predicted octanol–water partition coefficient (Wildman–Crippen LogP) is 2.21. The second-order valence-electron chi connectivity index (χ2n) is 3.49. The van der Waals surface area contributed by atoms with E-state index in [1.165, 1.54) is 0 Å². The highest BCUT2D eigenvalue weighted by atomic mass is 16.5. The van der Waals surface area contributed by atoms with Gasteiger partial charge in [0, 0.05) is 29.2 Å². The molecule has 0 aliphatic heterocycles. The van der Waals surface area contributed by atoms with Gasteiger partial charge >= 0.3 is 0 Å². The number of nitriles is 1. The molecule has 0 radical (unpaired) electrons. The van der Waals surface area contributed by atoms with E-state index >= 15 is 0 Å². The first kappa shape index (κ1) is 11.0. The summed E-state index contributed by atoms with van der Waals surface area (Å²) in [5.41, 5.74) is 8.59. The molecule has 0 unspecified atom stereocenters. The fraction of sp³-hybridized carbons (Fsp3) is 0.0769. The van der Waals surface area contributed by atoms with Crippen LogP contribution in [0.5, 0.6) is 5.75 Å². The Kier molecular flexibility index (Phi) is 2.93. The van der Waals surface area contributed by atoms with E-state index in [0.717, 1.165) is 11.1 Å². The minimum absolute atomic E-state index is 0.559. The van der Waals surface area contributed by atoms with Gasteiger partial charge in [-0.3, -0.25) is 4.98 Å². The van der Waals surface area contributed by atoms with Crippen LogP contribution in [0.2, 0.25) is 0 Å². The number of nitrogens with zero attached hydrogens (tertiary/aromatic N) is 2. The van der Waals surface area contributed by atoms with Gasteiger partial charge in [-0.1, -0.05) is 0 Å². The lowest BCUT2D eigenvalue weighted by Crippen LogP contribution is -1.94. The smallest absolute Gasteiger partial charge is 0.126 e. The van der Waals surface area contributed by atoms with Crippen LogP contribution in [0.3, 0.4) is 0 Å². The zero-order valence-corrected chi connectivity index (χ0v) is 9.34. The lowest BCUT2D eigenvalue weighted by molar-refractivity contribution is 0.416. The number of nitrogen functional groups attached to an aromatic ring is 1. The van der Waals surface area contributed by atoms with Crippen molar-refractivity contribution in [3.8, 4) is 22.9 Å². The van der Waals surface area contributed by atoms with Crippen molar-refractivity contribution in [2.24, 2.45) is 0 Å². The second kappa shape index (κ2) is 4.54. The van der Waals surface area contributed by atoms with E-state index in [4.69, 9.17) is 15.7 Å². The monoisotopic (exact) mass is 225 g/mol. The largest absolute Gasteiger partial charge is 0.496 e. The molecule has 0 fully saturated rings. The van der Waals surface area contributed by atoms with Crippen LogP contribution in [0.15, 0.2) is 36.7 Å². The molecule has 84 valence electrons. The van der Waals surface area contributed by atoms with E-state index in [1.54, 1.807) is 43.8 Å². The summed E-state index contributed by atoms with van der Waals surface area (Å²) in [5.74, 6) is 0.670. The molecule has 0 amide bonds. The van der Waals surface area contributed by atoms with Gasteiger partial charge in [-0.05, 0) is 24.3 Å². The third-order valence-corrected chi connectivity index (χ3v) is 2.47. The number of hydrogen-bond donors (Lipinski definition) is 1. The molecule has 0 atom stereocenters. The van der Waals surface area contributed by atoms with Gasteiger partial charge in [0.25, 0.3) is 0 Å². The van der Waals surface area contributed by atoms with Crippen molar-refractivity contribution < 1.29 is 4.74 Å². The number of rotatable bonds is 2. The topological polar surface area (TPSA) is 71.9 Å². The van der Waals surface area contributed by atoms with Crippen molar-refractivity contribution in [3.63, 3.8) is 0 Å². The van der Waals surface area contributed by atoms with E-state index in [-0.39, 0.29) is 0 Å². The van der Waals surface area contributed by atoms with Gasteiger partial charge in [0.1, 0.15) is 5.75 Å². The van der Waals surface area contributed by atoms with Crippen LogP contribution in [0.1, 0.15) is 5.56 Å². The minimum Gasteiger partial charge on any atom is -0.496 e. The Morgan fingerprint density at radius 2 is 2.12 bits per heavy atom. The summed E-state index contributed by atoms with van der Waals surface area (Å²) in [6.07, 6.45) is 3.29. The average Bonchev–Trinajstić information content (AvgIpc) is 2.38. The molecule has 4 heteroatoms. The molecule has 0 aliphatic rings. The van der Waals surface area contributed by atoms with Gasteiger partial charge in [0.2, 0.25) is 0 Å². The molecule has 17 heavy (non-hydrogen) atoms. The first-order valence-electron chi connectivity index (χ1n) is 5.04. The highest BCUT2D eigenvalue weighted by Crippen LogP contribution is 2.33. The maximum atomic E-state index is 8.90. The number of pyridine rings is 1.